The minimum absolute atomic E-state index is 0.198. The quantitative estimate of drug-likeness (QED) is 0.887. The van der Waals surface area contributed by atoms with Crippen molar-refractivity contribution in [1.29, 1.82) is 0 Å². The molecule has 1 fully saturated rings. The van der Waals surface area contributed by atoms with Crippen molar-refractivity contribution < 1.29 is 28.6 Å². The molecule has 1 aliphatic heterocycles. The predicted octanol–water partition coefficient (Wildman–Crippen LogP) is 1.29. The molecule has 22 heavy (non-hydrogen) atoms. The largest absolute Gasteiger partial charge is 0.481 e. The molecule has 1 heterocycles. The summed E-state index contributed by atoms with van der Waals surface area (Å²) in [6.07, 6.45) is -0.991. The first-order chi connectivity index (χ1) is 10.4. The SMILES string of the molecule is COC1CC(C(=O)O)N(C(=O)C(C)Oc2cccc(F)c2)C1. The second kappa shape index (κ2) is 6.74. The fourth-order valence-corrected chi connectivity index (χ4v) is 2.47. The third-order valence-corrected chi connectivity index (χ3v) is 3.62. The van der Waals surface area contributed by atoms with Gasteiger partial charge < -0.3 is 19.5 Å². The summed E-state index contributed by atoms with van der Waals surface area (Å²) in [5.74, 6) is -1.79. The first-order valence-corrected chi connectivity index (χ1v) is 6.90. The van der Waals surface area contributed by atoms with Gasteiger partial charge in [-0.3, -0.25) is 4.79 Å². The van der Waals surface area contributed by atoms with Crippen LogP contribution in [0.1, 0.15) is 13.3 Å². The first-order valence-electron chi connectivity index (χ1n) is 6.90. The van der Waals surface area contributed by atoms with Gasteiger partial charge in [0, 0.05) is 26.1 Å². The molecule has 3 atom stereocenters. The minimum atomic E-state index is -1.08. The summed E-state index contributed by atoms with van der Waals surface area (Å²) in [4.78, 5) is 24.9. The molecule has 0 radical (unpaired) electrons. The van der Waals surface area contributed by atoms with Crippen molar-refractivity contribution in [3.8, 4) is 5.75 Å². The van der Waals surface area contributed by atoms with Gasteiger partial charge in [0.2, 0.25) is 0 Å². The van der Waals surface area contributed by atoms with E-state index in [9.17, 15) is 19.1 Å². The van der Waals surface area contributed by atoms with Crippen molar-refractivity contribution in [3.63, 3.8) is 0 Å². The zero-order valence-corrected chi connectivity index (χ0v) is 12.4. The van der Waals surface area contributed by atoms with Crippen molar-refractivity contribution in [3.05, 3.63) is 30.1 Å². The molecule has 6 nitrogen and oxygen atoms in total. The summed E-state index contributed by atoms with van der Waals surface area (Å²) in [5.41, 5.74) is 0. The van der Waals surface area contributed by atoms with Gasteiger partial charge in [-0.2, -0.15) is 0 Å². The maximum absolute atomic E-state index is 13.1. The number of rotatable bonds is 5. The summed E-state index contributed by atoms with van der Waals surface area (Å²) in [7, 11) is 1.48. The van der Waals surface area contributed by atoms with Crippen LogP contribution in [0.25, 0.3) is 0 Å². The van der Waals surface area contributed by atoms with Gasteiger partial charge in [0.25, 0.3) is 5.91 Å². The van der Waals surface area contributed by atoms with Crippen LogP contribution in [-0.4, -0.2) is 53.8 Å². The Morgan fingerprint density at radius 1 is 1.45 bits per heavy atom. The number of nitrogens with zero attached hydrogens (tertiary/aromatic N) is 1. The van der Waals surface area contributed by atoms with Crippen LogP contribution in [0.2, 0.25) is 0 Å². The molecule has 1 aliphatic rings. The van der Waals surface area contributed by atoms with E-state index >= 15 is 0 Å². The summed E-state index contributed by atoms with van der Waals surface area (Å²) >= 11 is 0. The summed E-state index contributed by atoms with van der Waals surface area (Å²) < 4.78 is 23.7. The molecule has 1 aromatic carbocycles. The average Bonchev–Trinajstić information content (AvgIpc) is 2.91. The first kappa shape index (κ1) is 16.2. The molecule has 0 spiro atoms. The standard InChI is InChI=1S/C15H18FNO5/c1-9(22-11-5-3-4-10(16)6-11)14(18)17-8-12(21-2)7-13(17)15(19)20/h3-6,9,12-13H,7-8H2,1-2H3,(H,19,20). The number of methoxy groups -OCH3 is 1. The number of hydrogen-bond acceptors (Lipinski definition) is 4. The van der Waals surface area contributed by atoms with Crippen molar-refractivity contribution in [2.45, 2.75) is 31.6 Å². The van der Waals surface area contributed by atoms with E-state index in [1.807, 2.05) is 0 Å². The number of hydrogen-bond donors (Lipinski definition) is 1. The molecule has 3 unspecified atom stereocenters. The molecule has 2 rings (SSSR count). The van der Waals surface area contributed by atoms with Crippen LogP contribution < -0.4 is 4.74 Å². The van der Waals surface area contributed by atoms with E-state index in [0.29, 0.717) is 0 Å². The van der Waals surface area contributed by atoms with Crippen molar-refractivity contribution in [2.75, 3.05) is 13.7 Å². The summed E-state index contributed by atoms with van der Waals surface area (Å²) in [6.45, 7) is 1.70. The lowest BCUT2D eigenvalue weighted by Crippen LogP contribution is -2.46. The lowest BCUT2D eigenvalue weighted by Gasteiger charge is -2.25. The molecule has 1 saturated heterocycles. The average molecular weight is 311 g/mol. The Bertz CT molecular complexity index is 565. The third-order valence-electron chi connectivity index (χ3n) is 3.62. The van der Waals surface area contributed by atoms with Gasteiger partial charge in [0.05, 0.1) is 6.10 Å². The van der Waals surface area contributed by atoms with Gasteiger partial charge in [-0.05, 0) is 19.1 Å². The van der Waals surface area contributed by atoms with Crippen molar-refractivity contribution in [2.24, 2.45) is 0 Å². The van der Waals surface area contributed by atoms with Crippen LogP contribution in [0.15, 0.2) is 24.3 Å². The fourth-order valence-electron chi connectivity index (χ4n) is 2.47. The molecule has 1 amide bonds. The number of carbonyl (C=O) groups excluding carboxylic acids is 1. The third kappa shape index (κ3) is 3.54. The number of carboxylic acid groups (broad SMARTS) is 1. The highest BCUT2D eigenvalue weighted by Crippen LogP contribution is 2.22. The van der Waals surface area contributed by atoms with Crippen molar-refractivity contribution in [1.82, 2.24) is 4.90 Å². The van der Waals surface area contributed by atoms with Gasteiger partial charge in [-0.1, -0.05) is 6.07 Å². The fraction of sp³-hybridized carbons (Fsp3) is 0.467. The summed E-state index contributed by atoms with van der Waals surface area (Å²) in [6, 6.07) is 4.50. The van der Waals surface area contributed by atoms with Crippen LogP contribution in [0.4, 0.5) is 4.39 Å². The number of carboxylic acids is 1. The van der Waals surface area contributed by atoms with Crippen LogP contribution >= 0.6 is 0 Å². The smallest absolute Gasteiger partial charge is 0.326 e. The van der Waals surface area contributed by atoms with E-state index < -0.39 is 29.8 Å². The zero-order valence-electron chi connectivity index (χ0n) is 12.4. The van der Waals surface area contributed by atoms with Gasteiger partial charge in [-0.15, -0.1) is 0 Å². The number of halogens is 1. The maximum Gasteiger partial charge on any atom is 0.326 e. The number of ether oxygens (including phenoxy) is 2. The second-order valence-corrected chi connectivity index (χ2v) is 5.16. The highest BCUT2D eigenvalue weighted by molar-refractivity contribution is 5.87. The van der Waals surface area contributed by atoms with Crippen LogP contribution in [-0.2, 0) is 14.3 Å². The lowest BCUT2D eigenvalue weighted by atomic mass is 10.2. The number of carbonyl (C=O) groups is 2. The molecular weight excluding hydrogens is 293 g/mol. The highest BCUT2D eigenvalue weighted by Gasteiger charge is 2.41. The molecule has 1 aromatic rings. The summed E-state index contributed by atoms with van der Waals surface area (Å²) in [5, 5.41) is 9.21. The molecule has 0 bridgehead atoms. The van der Waals surface area contributed by atoms with Gasteiger partial charge >= 0.3 is 5.97 Å². The number of likely N-dealkylation sites (tertiary alicyclic amines) is 1. The normalized spacial score (nSPS) is 22.4. The number of aliphatic carboxylic acids is 1. The highest BCUT2D eigenvalue weighted by atomic mass is 19.1. The van der Waals surface area contributed by atoms with E-state index in [2.05, 4.69) is 0 Å². The monoisotopic (exact) mass is 311 g/mol. The zero-order chi connectivity index (χ0) is 16.3. The molecule has 1 N–H and O–H groups in total. The van der Waals surface area contributed by atoms with E-state index in [-0.39, 0.29) is 24.8 Å². The van der Waals surface area contributed by atoms with E-state index in [1.54, 1.807) is 0 Å². The lowest BCUT2D eigenvalue weighted by molar-refractivity contribution is -0.150. The van der Waals surface area contributed by atoms with Gasteiger partial charge in [-0.25, -0.2) is 9.18 Å². The van der Waals surface area contributed by atoms with Crippen LogP contribution in [0.3, 0.4) is 0 Å². The second-order valence-electron chi connectivity index (χ2n) is 5.16. The van der Waals surface area contributed by atoms with Gasteiger partial charge in [0.1, 0.15) is 17.6 Å². The number of benzene rings is 1. The molecule has 0 aromatic heterocycles. The van der Waals surface area contributed by atoms with Crippen molar-refractivity contribution >= 4 is 11.9 Å². The van der Waals surface area contributed by atoms with E-state index in [4.69, 9.17) is 9.47 Å². The van der Waals surface area contributed by atoms with E-state index in [0.717, 1.165) is 0 Å². The topological polar surface area (TPSA) is 76.1 Å². The Labute approximate surface area is 127 Å². The Morgan fingerprint density at radius 3 is 2.77 bits per heavy atom. The Balaban J connectivity index is 2.07. The molecule has 7 heteroatoms. The van der Waals surface area contributed by atoms with Gasteiger partial charge in [0.15, 0.2) is 6.10 Å². The molecule has 120 valence electrons. The Kier molecular flexibility index (Phi) is 4.97. The predicted molar refractivity (Wildman–Crippen MR) is 75.0 cm³/mol. The van der Waals surface area contributed by atoms with E-state index in [1.165, 1.54) is 43.2 Å². The Hall–Kier alpha value is -2.15. The maximum atomic E-state index is 13.1. The molecular formula is C15H18FNO5. The minimum Gasteiger partial charge on any atom is -0.481 e. The van der Waals surface area contributed by atoms with Crippen LogP contribution in [0, 0.1) is 5.82 Å². The number of amides is 1. The Morgan fingerprint density at radius 2 is 2.18 bits per heavy atom. The molecule has 0 aliphatic carbocycles. The molecule has 0 saturated carbocycles. The van der Waals surface area contributed by atoms with Crippen LogP contribution in [0.5, 0.6) is 5.75 Å².